The lowest BCUT2D eigenvalue weighted by molar-refractivity contribution is -0.157. The molecule has 0 N–H and O–H groups in total. The minimum absolute atomic E-state index is 0.118. The Labute approximate surface area is 156 Å². The van der Waals surface area contributed by atoms with Gasteiger partial charge in [0.25, 0.3) is 0 Å². The van der Waals surface area contributed by atoms with Crippen LogP contribution in [0.1, 0.15) is 56.6 Å². The Morgan fingerprint density at radius 3 is 2.50 bits per heavy atom. The van der Waals surface area contributed by atoms with Gasteiger partial charge >= 0.3 is 0 Å². The number of benzene rings is 1. The number of aromatic nitrogens is 1. The van der Waals surface area contributed by atoms with Gasteiger partial charge in [-0.05, 0) is 78.5 Å². The van der Waals surface area contributed by atoms with Crippen molar-refractivity contribution >= 4 is 5.78 Å². The number of ketones is 1. The van der Waals surface area contributed by atoms with E-state index in [1.54, 1.807) is 12.4 Å². The fraction of sp³-hybridized carbons (Fsp3) is 0.500. The molecule has 4 fully saturated rings. The highest BCUT2D eigenvalue weighted by Gasteiger charge is 2.64. The number of carbonyl (C=O) groups is 1. The molecule has 0 aliphatic heterocycles. The van der Waals surface area contributed by atoms with E-state index in [0.29, 0.717) is 23.5 Å². The van der Waals surface area contributed by atoms with Gasteiger partial charge in [0.05, 0.1) is 0 Å². The largest absolute Gasteiger partial charge is 0.299 e. The third-order valence-electron chi connectivity index (χ3n) is 7.44. The molecule has 2 nitrogen and oxygen atoms in total. The van der Waals surface area contributed by atoms with Gasteiger partial charge in [0, 0.05) is 24.2 Å². The third kappa shape index (κ3) is 2.46. The molecule has 0 radical (unpaired) electrons. The number of hydrogen-bond donors (Lipinski definition) is 0. The molecule has 4 bridgehead atoms. The van der Waals surface area contributed by atoms with Crippen LogP contribution in [0, 0.1) is 16.7 Å². The van der Waals surface area contributed by atoms with Crippen molar-refractivity contribution in [3.8, 4) is 0 Å². The number of hydrogen-bond acceptors (Lipinski definition) is 2. The summed E-state index contributed by atoms with van der Waals surface area (Å²) in [5.41, 5.74) is 3.00. The van der Waals surface area contributed by atoms with Crippen LogP contribution in [-0.4, -0.2) is 10.8 Å². The Bertz CT molecular complexity index is 832. The first-order valence-electron chi connectivity index (χ1n) is 9.99. The highest BCUT2D eigenvalue weighted by molar-refractivity contribution is 5.87. The fourth-order valence-corrected chi connectivity index (χ4v) is 7.22. The van der Waals surface area contributed by atoms with Crippen LogP contribution in [0.3, 0.4) is 0 Å². The molecule has 134 valence electrons. The highest BCUT2D eigenvalue weighted by Crippen LogP contribution is 2.70. The quantitative estimate of drug-likeness (QED) is 0.769. The molecule has 1 aromatic heterocycles. The standard InChI is InChI=1S/C24H27NO/c1-22-12-19-13-23(15-22,20-5-3-2-4-6-20)17-24(14-19,16-22)21(26)11-18-7-9-25-10-8-18/h2-10,19H,11-17H2,1H3. The molecule has 4 saturated carbocycles. The van der Waals surface area contributed by atoms with Gasteiger partial charge in [-0.1, -0.05) is 37.3 Å². The van der Waals surface area contributed by atoms with E-state index in [9.17, 15) is 4.79 Å². The molecule has 2 heteroatoms. The second-order valence-electron chi connectivity index (χ2n) is 9.70. The number of carbonyl (C=O) groups excluding carboxylic acids is 1. The summed E-state index contributed by atoms with van der Waals surface area (Å²) in [6.45, 7) is 2.45. The van der Waals surface area contributed by atoms with Crippen LogP contribution in [0.2, 0.25) is 0 Å². The van der Waals surface area contributed by atoms with Crippen LogP contribution in [0.25, 0.3) is 0 Å². The van der Waals surface area contributed by atoms with Gasteiger partial charge in [0.15, 0.2) is 0 Å². The molecule has 0 amide bonds. The summed E-state index contributed by atoms with van der Waals surface area (Å²) in [6.07, 6.45) is 11.3. The first-order chi connectivity index (χ1) is 12.5. The molecule has 0 spiro atoms. The van der Waals surface area contributed by atoms with Crippen molar-refractivity contribution in [3.63, 3.8) is 0 Å². The zero-order valence-electron chi connectivity index (χ0n) is 15.6. The predicted molar refractivity (Wildman–Crippen MR) is 103 cm³/mol. The first kappa shape index (κ1) is 16.2. The van der Waals surface area contributed by atoms with Crippen LogP contribution >= 0.6 is 0 Å². The van der Waals surface area contributed by atoms with Crippen molar-refractivity contribution in [3.05, 3.63) is 66.0 Å². The van der Waals surface area contributed by atoms with E-state index in [4.69, 9.17) is 0 Å². The average Bonchev–Trinajstić information content (AvgIpc) is 2.61. The van der Waals surface area contributed by atoms with Crippen LogP contribution in [0.15, 0.2) is 54.9 Å². The van der Waals surface area contributed by atoms with E-state index in [-0.39, 0.29) is 10.8 Å². The number of nitrogens with zero attached hydrogens (tertiary/aromatic N) is 1. The van der Waals surface area contributed by atoms with E-state index in [2.05, 4.69) is 42.2 Å². The van der Waals surface area contributed by atoms with E-state index in [1.165, 1.54) is 24.8 Å². The van der Waals surface area contributed by atoms with Gasteiger partial charge in [0.1, 0.15) is 5.78 Å². The van der Waals surface area contributed by atoms with Gasteiger partial charge in [0.2, 0.25) is 0 Å². The molecule has 1 heterocycles. The van der Waals surface area contributed by atoms with Gasteiger partial charge in [-0.25, -0.2) is 0 Å². The monoisotopic (exact) mass is 345 g/mol. The number of Topliss-reactive ketones (excluding diaryl/α,β-unsaturated/α-hetero) is 1. The van der Waals surface area contributed by atoms with E-state index in [1.807, 2.05) is 12.1 Å². The van der Waals surface area contributed by atoms with Gasteiger partial charge < -0.3 is 0 Å². The Morgan fingerprint density at radius 1 is 1.00 bits per heavy atom. The van der Waals surface area contributed by atoms with Crippen LogP contribution in [0.5, 0.6) is 0 Å². The van der Waals surface area contributed by atoms with Crippen molar-refractivity contribution in [1.29, 1.82) is 0 Å². The summed E-state index contributed by atoms with van der Waals surface area (Å²) < 4.78 is 0. The zero-order chi connectivity index (χ0) is 17.8. The van der Waals surface area contributed by atoms with E-state index in [0.717, 1.165) is 24.8 Å². The smallest absolute Gasteiger partial charge is 0.143 e. The Balaban J connectivity index is 1.53. The van der Waals surface area contributed by atoms with E-state index >= 15 is 0 Å². The van der Waals surface area contributed by atoms with Crippen molar-refractivity contribution in [1.82, 2.24) is 4.98 Å². The first-order valence-corrected chi connectivity index (χ1v) is 9.99. The van der Waals surface area contributed by atoms with Crippen LogP contribution in [-0.2, 0) is 16.6 Å². The molecular weight excluding hydrogens is 318 g/mol. The number of pyridine rings is 1. The normalized spacial score (nSPS) is 37.7. The predicted octanol–water partition coefficient (Wildman–Crippen LogP) is 5.12. The third-order valence-corrected chi connectivity index (χ3v) is 7.44. The SMILES string of the molecule is CC12CC3CC(C(=O)Cc4ccncc4)(C1)CC(c1ccccc1)(C3)C2. The molecule has 4 atom stereocenters. The fourth-order valence-electron chi connectivity index (χ4n) is 7.22. The van der Waals surface area contributed by atoms with Gasteiger partial charge in [-0.15, -0.1) is 0 Å². The topological polar surface area (TPSA) is 30.0 Å². The Hall–Kier alpha value is -1.96. The van der Waals surface area contributed by atoms with Crippen LogP contribution < -0.4 is 0 Å². The van der Waals surface area contributed by atoms with Crippen molar-refractivity contribution < 1.29 is 4.79 Å². The lowest BCUT2D eigenvalue weighted by Gasteiger charge is -2.65. The second-order valence-corrected chi connectivity index (χ2v) is 9.70. The zero-order valence-corrected chi connectivity index (χ0v) is 15.6. The van der Waals surface area contributed by atoms with Gasteiger partial charge in [-0.2, -0.15) is 0 Å². The second kappa shape index (κ2) is 5.52. The average molecular weight is 345 g/mol. The molecule has 4 aliphatic rings. The van der Waals surface area contributed by atoms with E-state index < -0.39 is 0 Å². The molecule has 2 aromatic rings. The van der Waals surface area contributed by atoms with Crippen molar-refractivity contribution in [2.24, 2.45) is 16.7 Å². The lowest BCUT2D eigenvalue weighted by Crippen LogP contribution is -2.60. The lowest BCUT2D eigenvalue weighted by atomic mass is 9.38. The molecule has 1 aromatic carbocycles. The number of rotatable bonds is 4. The maximum Gasteiger partial charge on any atom is 0.143 e. The van der Waals surface area contributed by atoms with Crippen LogP contribution in [0.4, 0.5) is 0 Å². The summed E-state index contributed by atoms with van der Waals surface area (Å²) in [5, 5.41) is 0. The maximum absolute atomic E-state index is 13.6. The van der Waals surface area contributed by atoms with Crippen molar-refractivity contribution in [2.75, 3.05) is 0 Å². The summed E-state index contributed by atoms with van der Waals surface area (Å²) in [6, 6.07) is 15.0. The molecule has 0 saturated heterocycles. The molecule has 4 unspecified atom stereocenters. The Kier molecular flexibility index (Phi) is 3.44. The molecule has 4 aliphatic carbocycles. The summed E-state index contributed by atoms with van der Waals surface area (Å²) >= 11 is 0. The minimum atomic E-state index is -0.118. The minimum Gasteiger partial charge on any atom is -0.299 e. The maximum atomic E-state index is 13.6. The summed E-state index contributed by atoms with van der Waals surface area (Å²) in [7, 11) is 0. The molecule has 26 heavy (non-hydrogen) atoms. The molecular formula is C24H27NO. The summed E-state index contributed by atoms with van der Waals surface area (Å²) in [4.78, 5) is 17.7. The highest BCUT2D eigenvalue weighted by atomic mass is 16.1. The Morgan fingerprint density at radius 2 is 1.77 bits per heavy atom. The summed E-state index contributed by atoms with van der Waals surface area (Å²) in [5.74, 6) is 1.18. The molecule has 6 rings (SSSR count). The van der Waals surface area contributed by atoms with Gasteiger partial charge in [-0.3, -0.25) is 9.78 Å². The van der Waals surface area contributed by atoms with Crippen molar-refractivity contribution in [2.45, 2.75) is 57.3 Å².